The van der Waals surface area contributed by atoms with Crippen molar-refractivity contribution in [2.24, 2.45) is 23.7 Å². The van der Waals surface area contributed by atoms with Gasteiger partial charge in [0.15, 0.2) is 0 Å². The zero-order chi connectivity index (χ0) is 16.1. The van der Waals surface area contributed by atoms with Crippen LogP contribution < -0.4 is 5.32 Å². The van der Waals surface area contributed by atoms with Crippen molar-refractivity contribution in [1.29, 1.82) is 0 Å². The molecule has 0 radical (unpaired) electrons. The van der Waals surface area contributed by atoms with Gasteiger partial charge in [-0.15, -0.1) is 0 Å². The molecule has 126 valence electrons. The Labute approximate surface area is 138 Å². The second-order valence-electron chi connectivity index (χ2n) is 7.48. The summed E-state index contributed by atoms with van der Waals surface area (Å²) in [6.07, 6.45) is 5.93. The van der Waals surface area contributed by atoms with Gasteiger partial charge in [0.2, 0.25) is 0 Å². The highest BCUT2D eigenvalue weighted by molar-refractivity contribution is 7.55. The first-order valence-electron chi connectivity index (χ1n) is 8.66. The summed E-state index contributed by atoms with van der Waals surface area (Å²) in [6.45, 7) is 0. The molecule has 0 spiro atoms. The summed E-state index contributed by atoms with van der Waals surface area (Å²) in [5, 5.41) is 3.09. The van der Waals surface area contributed by atoms with Crippen LogP contribution in [0.15, 0.2) is 30.3 Å². The van der Waals surface area contributed by atoms with E-state index in [1.165, 1.54) is 20.6 Å². The Kier molecular flexibility index (Phi) is 3.83. The average Bonchev–Trinajstić information content (AvgIpc) is 2.58. The van der Waals surface area contributed by atoms with Crippen molar-refractivity contribution < 1.29 is 13.6 Å². The number of benzene rings is 1. The van der Waals surface area contributed by atoms with Crippen LogP contribution in [0.1, 0.15) is 32.1 Å². The highest BCUT2D eigenvalue weighted by Crippen LogP contribution is 2.73. The molecule has 0 aliphatic heterocycles. The third-order valence-corrected chi connectivity index (χ3v) is 9.14. The summed E-state index contributed by atoms with van der Waals surface area (Å²) < 4.78 is 24.8. The van der Waals surface area contributed by atoms with Crippen molar-refractivity contribution in [3.63, 3.8) is 0 Å². The largest absolute Gasteiger partial charge is 0.369 e. The Morgan fingerprint density at radius 3 is 1.96 bits per heavy atom. The third kappa shape index (κ3) is 2.22. The van der Waals surface area contributed by atoms with Crippen LogP contribution in [-0.4, -0.2) is 19.5 Å². The Bertz CT molecular complexity index is 582. The monoisotopic (exact) mass is 335 g/mol. The van der Waals surface area contributed by atoms with E-state index in [0.29, 0.717) is 11.8 Å². The lowest BCUT2D eigenvalue weighted by Crippen LogP contribution is -2.61. The van der Waals surface area contributed by atoms with Crippen LogP contribution in [0.4, 0.5) is 5.69 Å². The van der Waals surface area contributed by atoms with E-state index >= 15 is 0 Å². The van der Waals surface area contributed by atoms with Crippen LogP contribution in [-0.2, 0) is 13.6 Å². The lowest BCUT2D eigenvalue weighted by molar-refractivity contribution is -0.0219. The summed E-state index contributed by atoms with van der Waals surface area (Å²) in [7, 11) is -0.185. The minimum absolute atomic E-state index is 0.365. The fraction of sp³-hybridized carbons (Fsp3) is 0.667. The maximum atomic E-state index is 13.7. The van der Waals surface area contributed by atoms with Crippen molar-refractivity contribution in [3.8, 4) is 0 Å². The minimum Gasteiger partial charge on any atom is -0.369 e. The molecule has 1 aromatic rings. The maximum Gasteiger partial charge on any atom is 0.355 e. The van der Waals surface area contributed by atoms with Crippen LogP contribution in [0.2, 0.25) is 0 Å². The second kappa shape index (κ2) is 5.61. The maximum absolute atomic E-state index is 13.7. The van der Waals surface area contributed by atoms with Crippen molar-refractivity contribution in [2.45, 2.75) is 37.4 Å². The van der Waals surface area contributed by atoms with E-state index in [9.17, 15) is 4.57 Å². The van der Waals surface area contributed by atoms with E-state index < -0.39 is 12.9 Å². The SMILES string of the molecule is COP(=O)(OC)C1(Nc2ccccc2)C2CC3CC(C2)CC1C3. The van der Waals surface area contributed by atoms with E-state index in [0.717, 1.165) is 43.2 Å². The molecule has 4 aliphatic rings. The summed E-state index contributed by atoms with van der Waals surface area (Å²) in [4.78, 5) is 0. The van der Waals surface area contributed by atoms with Crippen molar-refractivity contribution in [3.05, 3.63) is 30.3 Å². The fourth-order valence-corrected chi connectivity index (χ4v) is 8.09. The van der Waals surface area contributed by atoms with Gasteiger partial charge in [0.1, 0.15) is 5.28 Å². The molecule has 0 aromatic heterocycles. The first-order chi connectivity index (χ1) is 11.1. The van der Waals surface area contributed by atoms with Crippen LogP contribution in [0, 0.1) is 23.7 Å². The Balaban J connectivity index is 1.80. The fourth-order valence-electron chi connectivity index (χ4n) is 5.75. The zero-order valence-corrected chi connectivity index (χ0v) is 14.8. The predicted octanol–water partition coefficient (Wildman–Crippen LogP) is 4.74. The Hall–Kier alpha value is -0.830. The first kappa shape index (κ1) is 15.7. The van der Waals surface area contributed by atoms with Gasteiger partial charge in [0.25, 0.3) is 0 Å². The van der Waals surface area contributed by atoms with Crippen molar-refractivity contribution >= 4 is 13.3 Å². The summed E-state index contributed by atoms with van der Waals surface area (Å²) in [5.41, 5.74) is 1.01. The molecule has 4 nitrogen and oxygen atoms in total. The number of para-hydroxylation sites is 1. The van der Waals surface area contributed by atoms with Gasteiger partial charge >= 0.3 is 7.60 Å². The van der Waals surface area contributed by atoms with E-state index in [1.54, 1.807) is 0 Å². The van der Waals surface area contributed by atoms with Gasteiger partial charge in [-0.1, -0.05) is 18.2 Å². The molecule has 4 bridgehead atoms. The second-order valence-corrected chi connectivity index (χ2v) is 9.95. The van der Waals surface area contributed by atoms with E-state index in [-0.39, 0.29) is 0 Å². The molecule has 5 heteroatoms. The van der Waals surface area contributed by atoms with Crippen molar-refractivity contribution in [1.82, 2.24) is 0 Å². The van der Waals surface area contributed by atoms with Gasteiger partial charge in [0, 0.05) is 19.9 Å². The van der Waals surface area contributed by atoms with Gasteiger partial charge < -0.3 is 14.4 Å². The van der Waals surface area contributed by atoms with Crippen LogP contribution in [0.3, 0.4) is 0 Å². The molecule has 0 saturated heterocycles. The molecule has 4 saturated carbocycles. The molecule has 0 amide bonds. The smallest absolute Gasteiger partial charge is 0.355 e. The van der Waals surface area contributed by atoms with Crippen LogP contribution >= 0.6 is 7.60 Å². The Morgan fingerprint density at radius 1 is 0.957 bits per heavy atom. The molecular formula is C18H26NO3P. The molecule has 0 heterocycles. The number of rotatable bonds is 5. The van der Waals surface area contributed by atoms with E-state index in [2.05, 4.69) is 5.32 Å². The van der Waals surface area contributed by atoms with Crippen LogP contribution in [0.25, 0.3) is 0 Å². The van der Waals surface area contributed by atoms with E-state index in [1.807, 2.05) is 30.3 Å². The summed E-state index contributed by atoms with van der Waals surface area (Å²) >= 11 is 0. The molecule has 5 rings (SSSR count). The standard InChI is InChI=1S/C18H26NO3P/c1-21-23(20,22-2)18(19-17-6-4-3-5-7-17)15-9-13-8-14(11-15)12-16(18)10-13/h3-7,13-16,19H,8-12H2,1-2H3. The third-order valence-electron chi connectivity index (χ3n) is 6.44. The first-order valence-corrected chi connectivity index (χ1v) is 10.2. The lowest BCUT2D eigenvalue weighted by Gasteiger charge is -2.61. The molecule has 1 aromatic carbocycles. The molecule has 0 unspecified atom stereocenters. The van der Waals surface area contributed by atoms with E-state index in [4.69, 9.17) is 9.05 Å². The topological polar surface area (TPSA) is 47.6 Å². The zero-order valence-electron chi connectivity index (χ0n) is 13.9. The van der Waals surface area contributed by atoms with Crippen LogP contribution in [0.5, 0.6) is 0 Å². The Morgan fingerprint density at radius 2 is 1.48 bits per heavy atom. The number of hydrogen-bond acceptors (Lipinski definition) is 4. The number of nitrogens with one attached hydrogen (secondary N) is 1. The molecule has 4 fully saturated rings. The predicted molar refractivity (Wildman–Crippen MR) is 91.5 cm³/mol. The summed E-state index contributed by atoms with van der Waals surface area (Å²) in [6, 6.07) is 10.1. The number of anilines is 1. The quantitative estimate of drug-likeness (QED) is 0.790. The molecule has 4 aliphatic carbocycles. The summed E-state index contributed by atoms with van der Waals surface area (Å²) in [5.74, 6) is 2.32. The number of hydrogen-bond donors (Lipinski definition) is 1. The normalized spacial score (nSPS) is 38.7. The van der Waals surface area contributed by atoms with Gasteiger partial charge in [-0.05, 0) is 67.9 Å². The minimum atomic E-state index is -3.25. The molecular weight excluding hydrogens is 309 g/mol. The molecule has 23 heavy (non-hydrogen) atoms. The van der Waals surface area contributed by atoms with Gasteiger partial charge in [-0.3, -0.25) is 4.57 Å². The van der Waals surface area contributed by atoms with Gasteiger partial charge in [-0.25, -0.2) is 0 Å². The van der Waals surface area contributed by atoms with Gasteiger partial charge in [0.05, 0.1) is 0 Å². The molecule has 1 N–H and O–H groups in total. The molecule has 0 atom stereocenters. The lowest BCUT2D eigenvalue weighted by atomic mass is 9.53. The van der Waals surface area contributed by atoms with Crippen molar-refractivity contribution in [2.75, 3.05) is 19.5 Å². The highest BCUT2D eigenvalue weighted by Gasteiger charge is 2.66. The highest BCUT2D eigenvalue weighted by atomic mass is 31.2. The average molecular weight is 335 g/mol. The van der Waals surface area contributed by atoms with Gasteiger partial charge in [-0.2, -0.15) is 0 Å².